The molecule has 20 heavy (non-hydrogen) atoms. The molecule has 0 aliphatic heterocycles. The van der Waals surface area contributed by atoms with Gasteiger partial charge in [-0.25, -0.2) is 0 Å². The highest BCUT2D eigenvalue weighted by Crippen LogP contribution is 2.29. The maximum Gasteiger partial charge on any atom is 0.128 e. The fourth-order valence-corrected chi connectivity index (χ4v) is 2.56. The Balaban J connectivity index is 2.14. The third kappa shape index (κ3) is 3.60. The summed E-state index contributed by atoms with van der Waals surface area (Å²) < 4.78 is 6.71. The van der Waals surface area contributed by atoms with Crippen molar-refractivity contribution in [3.05, 3.63) is 58.1 Å². The molecule has 0 aromatic heterocycles. The van der Waals surface area contributed by atoms with E-state index >= 15 is 0 Å². The van der Waals surface area contributed by atoms with E-state index in [1.165, 1.54) is 0 Å². The molecule has 0 saturated heterocycles. The Morgan fingerprint density at radius 2 is 1.85 bits per heavy atom. The lowest BCUT2D eigenvalue weighted by molar-refractivity contribution is 0.481. The molecular formula is C16H15BrN2O. The van der Waals surface area contributed by atoms with Crippen LogP contribution in [0.4, 0.5) is 0 Å². The van der Waals surface area contributed by atoms with E-state index < -0.39 is 0 Å². The van der Waals surface area contributed by atoms with E-state index in [0.29, 0.717) is 6.42 Å². The van der Waals surface area contributed by atoms with Gasteiger partial charge in [-0.3, -0.25) is 0 Å². The van der Waals surface area contributed by atoms with Gasteiger partial charge < -0.3 is 10.5 Å². The van der Waals surface area contributed by atoms with Crippen LogP contribution in [0.3, 0.4) is 0 Å². The molecule has 0 fully saturated rings. The van der Waals surface area contributed by atoms with Crippen LogP contribution in [0.2, 0.25) is 0 Å². The highest BCUT2D eigenvalue weighted by atomic mass is 79.9. The fourth-order valence-electron chi connectivity index (χ4n) is 1.84. The van der Waals surface area contributed by atoms with Gasteiger partial charge in [0.25, 0.3) is 0 Å². The predicted molar refractivity (Wildman–Crippen MR) is 82.6 cm³/mol. The van der Waals surface area contributed by atoms with Gasteiger partial charge in [-0.05, 0) is 42.3 Å². The average Bonchev–Trinajstić information content (AvgIpc) is 2.41. The third-order valence-corrected chi connectivity index (χ3v) is 3.59. The lowest BCUT2D eigenvalue weighted by Crippen LogP contribution is -2.05. The summed E-state index contributed by atoms with van der Waals surface area (Å²) in [4.78, 5) is 0. The topological polar surface area (TPSA) is 59.0 Å². The van der Waals surface area contributed by atoms with E-state index in [2.05, 4.69) is 22.0 Å². The Morgan fingerprint density at radius 1 is 1.20 bits per heavy atom. The van der Waals surface area contributed by atoms with E-state index in [1.807, 2.05) is 49.4 Å². The van der Waals surface area contributed by atoms with Crippen molar-refractivity contribution in [3.63, 3.8) is 0 Å². The maximum atomic E-state index is 8.63. The number of rotatable bonds is 4. The molecule has 0 radical (unpaired) electrons. The summed E-state index contributed by atoms with van der Waals surface area (Å²) in [7, 11) is 0. The molecule has 2 rings (SSSR count). The number of benzene rings is 2. The smallest absolute Gasteiger partial charge is 0.128 e. The van der Waals surface area contributed by atoms with E-state index in [1.54, 1.807) is 0 Å². The molecule has 102 valence electrons. The van der Waals surface area contributed by atoms with Crippen LogP contribution in [0.25, 0.3) is 0 Å². The number of hydrogen-bond donors (Lipinski definition) is 1. The first-order valence-corrected chi connectivity index (χ1v) is 7.08. The van der Waals surface area contributed by atoms with Gasteiger partial charge >= 0.3 is 0 Å². The number of hydrogen-bond acceptors (Lipinski definition) is 3. The molecule has 2 aromatic carbocycles. The number of ether oxygens (including phenoxy) is 1. The number of halogens is 1. The van der Waals surface area contributed by atoms with Gasteiger partial charge in [-0.15, -0.1) is 0 Å². The summed E-state index contributed by atoms with van der Waals surface area (Å²) in [5.74, 6) is 1.49. The van der Waals surface area contributed by atoms with Gasteiger partial charge in [0.05, 0.1) is 12.5 Å². The summed E-state index contributed by atoms with van der Waals surface area (Å²) in [5, 5.41) is 8.63. The quantitative estimate of drug-likeness (QED) is 0.907. The van der Waals surface area contributed by atoms with Gasteiger partial charge in [0.2, 0.25) is 0 Å². The molecule has 0 heterocycles. The molecule has 0 unspecified atom stereocenters. The van der Waals surface area contributed by atoms with Gasteiger partial charge in [-0.1, -0.05) is 34.1 Å². The average molecular weight is 331 g/mol. The van der Waals surface area contributed by atoms with Crippen LogP contribution in [-0.4, -0.2) is 0 Å². The van der Waals surface area contributed by atoms with Crippen molar-refractivity contribution in [1.82, 2.24) is 0 Å². The normalized spacial score (nSPS) is 11.7. The minimum absolute atomic E-state index is 0.0244. The summed E-state index contributed by atoms with van der Waals surface area (Å²) in [6.07, 6.45) is 0.412. The Hall–Kier alpha value is -1.83. The van der Waals surface area contributed by atoms with E-state index in [9.17, 15) is 0 Å². The third-order valence-electron chi connectivity index (χ3n) is 2.90. The molecule has 1 atom stereocenters. The SMILES string of the molecule is C[C@@H](N)c1ccc(Oc2ccc(CC#N)cc2)cc1Br. The van der Waals surface area contributed by atoms with Crippen molar-refractivity contribution in [2.45, 2.75) is 19.4 Å². The minimum Gasteiger partial charge on any atom is -0.457 e. The fraction of sp³-hybridized carbons (Fsp3) is 0.188. The molecule has 0 bridgehead atoms. The van der Waals surface area contributed by atoms with E-state index in [-0.39, 0.29) is 6.04 Å². The Labute approximate surface area is 127 Å². The Bertz CT molecular complexity index is 630. The van der Waals surface area contributed by atoms with Crippen LogP contribution in [0, 0.1) is 11.3 Å². The molecule has 0 aliphatic carbocycles. The van der Waals surface area contributed by atoms with Crippen molar-refractivity contribution >= 4 is 15.9 Å². The van der Waals surface area contributed by atoms with E-state index in [4.69, 9.17) is 15.7 Å². The second kappa shape index (κ2) is 6.56. The second-order valence-electron chi connectivity index (χ2n) is 4.55. The Kier molecular flexibility index (Phi) is 4.78. The molecule has 0 aliphatic rings. The van der Waals surface area contributed by atoms with Crippen LogP contribution in [-0.2, 0) is 6.42 Å². The molecule has 0 saturated carbocycles. The van der Waals surface area contributed by atoms with Crippen LogP contribution >= 0.6 is 15.9 Å². The molecule has 0 spiro atoms. The van der Waals surface area contributed by atoms with Crippen molar-refractivity contribution in [2.75, 3.05) is 0 Å². The molecule has 4 heteroatoms. The molecule has 2 aromatic rings. The zero-order valence-corrected chi connectivity index (χ0v) is 12.7. The number of nitrogens with two attached hydrogens (primary N) is 1. The van der Waals surface area contributed by atoms with Crippen molar-refractivity contribution < 1.29 is 4.74 Å². The lowest BCUT2D eigenvalue weighted by Gasteiger charge is -2.11. The highest BCUT2D eigenvalue weighted by Gasteiger charge is 2.06. The van der Waals surface area contributed by atoms with Crippen LogP contribution in [0.5, 0.6) is 11.5 Å². The van der Waals surface area contributed by atoms with Crippen LogP contribution in [0.1, 0.15) is 24.1 Å². The minimum atomic E-state index is -0.0244. The van der Waals surface area contributed by atoms with Crippen molar-refractivity contribution in [1.29, 1.82) is 5.26 Å². The molecule has 3 nitrogen and oxygen atoms in total. The molecule has 2 N–H and O–H groups in total. The standard InChI is InChI=1S/C16H15BrN2O/c1-11(19)15-7-6-14(10-16(15)17)20-13-4-2-12(3-5-13)8-9-18/h2-7,10-11H,8,19H2,1H3/t11-/m1/s1. The second-order valence-corrected chi connectivity index (χ2v) is 5.41. The van der Waals surface area contributed by atoms with Gasteiger partial charge in [0, 0.05) is 10.5 Å². The van der Waals surface area contributed by atoms with E-state index in [0.717, 1.165) is 27.1 Å². The predicted octanol–water partition coefficient (Wildman–Crippen LogP) is 4.33. The number of nitrogens with zero attached hydrogens (tertiary/aromatic N) is 1. The van der Waals surface area contributed by atoms with Crippen molar-refractivity contribution in [3.8, 4) is 17.6 Å². The summed E-state index contributed by atoms with van der Waals surface area (Å²) in [6.45, 7) is 1.94. The maximum absolute atomic E-state index is 8.63. The lowest BCUT2D eigenvalue weighted by atomic mass is 10.1. The first-order valence-electron chi connectivity index (χ1n) is 6.29. The summed E-state index contributed by atoms with van der Waals surface area (Å²) in [6, 6.07) is 15.4. The van der Waals surface area contributed by atoms with Crippen molar-refractivity contribution in [2.24, 2.45) is 5.73 Å². The summed E-state index contributed by atoms with van der Waals surface area (Å²) in [5.41, 5.74) is 7.89. The van der Waals surface area contributed by atoms with Gasteiger partial charge in [0.1, 0.15) is 11.5 Å². The van der Waals surface area contributed by atoms with Crippen LogP contribution in [0.15, 0.2) is 46.9 Å². The highest BCUT2D eigenvalue weighted by molar-refractivity contribution is 9.10. The molecule has 0 amide bonds. The van der Waals surface area contributed by atoms with Gasteiger partial charge in [-0.2, -0.15) is 5.26 Å². The number of nitriles is 1. The first kappa shape index (κ1) is 14.6. The molecular weight excluding hydrogens is 316 g/mol. The Morgan fingerprint density at radius 3 is 2.40 bits per heavy atom. The summed E-state index contributed by atoms with van der Waals surface area (Å²) >= 11 is 3.50. The van der Waals surface area contributed by atoms with Gasteiger partial charge in [0.15, 0.2) is 0 Å². The first-order chi connectivity index (χ1) is 9.60. The van der Waals surface area contributed by atoms with Crippen LogP contribution < -0.4 is 10.5 Å². The zero-order chi connectivity index (χ0) is 14.5. The monoisotopic (exact) mass is 330 g/mol. The largest absolute Gasteiger partial charge is 0.457 e. The zero-order valence-electron chi connectivity index (χ0n) is 11.1.